The summed E-state index contributed by atoms with van der Waals surface area (Å²) in [5.74, 6) is 0. The molecule has 3 rings (SSSR count). The van der Waals surface area contributed by atoms with E-state index in [0.29, 0.717) is 11.7 Å². The lowest BCUT2D eigenvalue weighted by molar-refractivity contribution is 0.613. The van der Waals surface area contributed by atoms with Gasteiger partial charge in [0.15, 0.2) is 5.11 Å². The first-order chi connectivity index (χ1) is 12.5. The van der Waals surface area contributed by atoms with Gasteiger partial charge in [0.1, 0.15) is 0 Å². The second-order valence-electron chi connectivity index (χ2n) is 5.97. The second kappa shape index (κ2) is 8.46. The fraction of sp³-hybridized carbons (Fsp3) is 0.278. The Kier molecular flexibility index (Phi) is 6.05. The SMILES string of the molecule is CCn1ncc(Br)c1CNC(=S)Nc1cnn(Cc2ccc(C)cc2)c1. The van der Waals surface area contributed by atoms with E-state index in [1.807, 2.05) is 15.6 Å². The molecule has 0 aliphatic carbocycles. The van der Waals surface area contributed by atoms with E-state index in [-0.39, 0.29) is 0 Å². The lowest BCUT2D eigenvalue weighted by Gasteiger charge is -2.10. The van der Waals surface area contributed by atoms with Crippen LogP contribution in [-0.4, -0.2) is 24.7 Å². The Morgan fingerprint density at radius 2 is 1.96 bits per heavy atom. The van der Waals surface area contributed by atoms with Crippen LogP contribution in [0.2, 0.25) is 0 Å². The van der Waals surface area contributed by atoms with Gasteiger partial charge >= 0.3 is 0 Å². The topological polar surface area (TPSA) is 59.7 Å². The van der Waals surface area contributed by atoms with Crippen LogP contribution in [0.25, 0.3) is 0 Å². The summed E-state index contributed by atoms with van der Waals surface area (Å²) in [6.07, 6.45) is 5.51. The van der Waals surface area contributed by atoms with E-state index >= 15 is 0 Å². The summed E-state index contributed by atoms with van der Waals surface area (Å²) in [5.41, 5.74) is 4.39. The molecule has 0 fully saturated rings. The minimum atomic E-state index is 0.552. The molecule has 8 heteroatoms. The van der Waals surface area contributed by atoms with Gasteiger partial charge in [-0.15, -0.1) is 0 Å². The Balaban J connectivity index is 1.54. The van der Waals surface area contributed by atoms with Crippen molar-refractivity contribution in [2.75, 3.05) is 5.32 Å². The number of aryl methyl sites for hydroxylation is 2. The maximum atomic E-state index is 5.38. The van der Waals surface area contributed by atoms with E-state index in [0.717, 1.165) is 28.9 Å². The molecule has 0 amide bonds. The molecule has 0 radical (unpaired) electrons. The standard InChI is InChI=1S/C18H21BrN6S/c1-3-25-17(16(19)9-22-25)10-20-18(26)23-15-8-21-24(12-15)11-14-6-4-13(2)5-7-14/h4-9,12H,3,10-11H2,1-2H3,(H2,20,23,26). The first-order valence-electron chi connectivity index (χ1n) is 8.38. The number of thiocarbonyl (C=S) groups is 1. The van der Waals surface area contributed by atoms with Crippen molar-refractivity contribution >= 4 is 38.9 Å². The van der Waals surface area contributed by atoms with Crippen molar-refractivity contribution in [1.29, 1.82) is 0 Å². The third-order valence-corrected chi connectivity index (χ3v) is 4.88. The number of aromatic nitrogens is 4. The van der Waals surface area contributed by atoms with E-state index in [9.17, 15) is 0 Å². The molecule has 2 heterocycles. The molecule has 0 unspecified atom stereocenters. The van der Waals surface area contributed by atoms with Crippen LogP contribution in [0.3, 0.4) is 0 Å². The van der Waals surface area contributed by atoms with Gasteiger partial charge in [0.05, 0.1) is 41.3 Å². The average Bonchev–Trinajstić information content (AvgIpc) is 3.21. The van der Waals surface area contributed by atoms with E-state index in [1.165, 1.54) is 11.1 Å². The summed E-state index contributed by atoms with van der Waals surface area (Å²) in [5, 5.41) is 15.6. The van der Waals surface area contributed by atoms with Crippen molar-refractivity contribution in [3.63, 3.8) is 0 Å². The Labute approximate surface area is 166 Å². The summed E-state index contributed by atoms with van der Waals surface area (Å²) in [6, 6.07) is 8.45. The van der Waals surface area contributed by atoms with Gasteiger partial charge < -0.3 is 10.6 Å². The van der Waals surface area contributed by atoms with Crippen LogP contribution >= 0.6 is 28.1 Å². The molecule has 0 aliphatic heterocycles. The Bertz CT molecular complexity index is 883. The highest BCUT2D eigenvalue weighted by atomic mass is 79.9. The first kappa shape index (κ1) is 18.6. The van der Waals surface area contributed by atoms with Crippen molar-refractivity contribution in [3.8, 4) is 0 Å². The summed E-state index contributed by atoms with van der Waals surface area (Å²) >= 11 is 8.89. The van der Waals surface area contributed by atoms with Crippen LogP contribution in [0.5, 0.6) is 0 Å². The van der Waals surface area contributed by atoms with Crippen molar-refractivity contribution in [2.24, 2.45) is 0 Å². The van der Waals surface area contributed by atoms with Crippen LogP contribution in [0.4, 0.5) is 5.69 Å². The predicted molar refractivity (Wildman–Crippen MR) is 111 cm³/mol. The summed E-state index contributed by atoms with van der Waals surface area (Å²) in [6.45, 7) is 6.28. The number of nitrogens with zero attached hydrogens (tertiary/aromatic N) is 4. The van der Waals surface area contributed by atoms with Crippen molar-refractivity contribution in [1.82, 2.24) is 24.9 Å². The van der Waals surface area contributed by atoms with Crippen LogP contribution in [0, 0.1) is 6.92 Å². The molecule has 26 heavy (non-hydrogen) atoms. The average molecular weight is 433 g/mol. The summed E-state index contributed by atoms with van der Waals surface area (Å²) in [7, 11) is 0. The van der Waals surface area contributed by atoms with Crippen LogP contribution in [0.15, 0.2) is 47.3 Å². The number of rotatable bonds is 6. The van der Waals surface area contributed by atoms with Crippen molar-refractivity contribution < 1.29 is 0 Å². The normalized spacial score (nSPS) is 10.7. The van der Waals surface area contributed by atoms with Gasteiger partial charge in [0, 0.05) is 12.7 Å². The third-order valence-electron chi connectivity index (χ3n) is 3.97. The Morgan fingerprint density at radius 1 is 1.19 bits per heavy atom. The molecule has 0 spiro atoms. The van der Waals surface area contributed by atoms with E-state index in [2.05, 4.69) is 74.9 Å². The highest BCUT2D eigenvalue weighted by molar-refractivity contribution is 9.10. The molecule has 136 valence electrons. The Morgan fingerprint density at radius 3 is 2.69 bits per heavy atom. The minimum Gasteiger partial charge on any atom is -0.357 e. The van der Waals surface area contributed by atoms with Gasteiger partial charge in [-0.25, -0.2) is 0 Å². The van der Waals surface area contributed by atoms with E-state index < -0.39 is 0 Å². The number of hydrogen-bond acceptors (Lipinski definition) is 3. The molecule has 0 atom stereocenters. The zero-order valence-corrected chi connectivity index (χ0v) is 17.1. The smallest absolute Gasteiger partial charge is 0.171 e. The molecule has 3 aromatic rings. The monoisotopic (exact) mass is 432 g/mol. The predicted octanol–water partition coefficient (Wildman–Crippen LogP) is 3.71. The van der Waals surface area contributed by atoms with Crippen LogP contribution in [-0.2, 0) is 19.6 Å². The lowest BCUT2D eigenvalue weighted by atomic mass is 10.1. The molecule has 0 aliphatic rings. The fourth-order valence-electron chi connectivity index (χ4n) is 2.57. The van der Waals surface area contributed by atoms with Gasteiger partial charge in [-0.05, 0) is 47.6 Å². The number of benzene rings is 1. The molecule has 0 bridgehead atoms. The second-order valence-corrected chi connectivity index (χ2v) is 7.24. The van der Waals surface area contributed by atoms with Gasteiger partial charge in [-0.2, -0.15) is 10.2 Å². The molecule has 2 N–H and O–H groups in total. The Hall–Kier alpha value is -2.19. The highest BCUT2D eigenvalue weighted by Gasteiger charge is 2.08. The largest absolute Gasteiger partial charge is 0.357 e. The zero-order chi connectivity index (χ0) is 18.5. The maximum absolute atomic E-state index is 5.38. The van der Waals surface area contributed by atoms with Crippen LogP contribution < -0.4 is 10.6 Å². The third kappa shape index (κ3) is 4.70. The van der Waals surface area contributed by atoms with Gasteiger partial charge in [-0.1, -0.05) is 29.8 Å². The summed E-state index contributed by atoms with van der Waals surface area (Å²) < 4.78 is 4.79. The molecule has 0 saturated carbocycles. The summed E-state index contributed by atoms with van der Waals surface area (Å²) in [4.78, 5) is 0. The molecule has 2 aromatic heterocycles. The molecular weight excluding hydrogens is 412 g/mol. The molecular formula is C18H21BrN6S. The zero-order valence-electron chi connectivity index (χ0n) is 14.7. The van der Waals surface area contributed by atoms with Crippen molar-refractivity contribution in [2.45, 2.75) is 33.5 Å². The number of hydrogen-bond donors (Lipinski definition) is 2. The highest BCUT2D eigenvalue weighted by Crippen LogP contribution is 2.16. The van der Waals surface area contributed by atoms with Gasteiger partial charge in [0.2, 0.25) is 0 Å². The first-order valence-corrected chi connectivity index (χ1v) is 9.58. The molecule has 0 saturated heterocycles. The molecule has 6 nitrogen and oxygen atoms in total. The lowest BCUT2D eigenvalue weighted by Crippen LogP contribution is -2.29. The fourth-order valence-corrected chi connectivity index (χ4v) is 3.20. The van der Waals surface area contributed by atoms with Crippen LogP contribution in [0.1, 0.15) is 23.7 Å². The van der Waals surface area contributed by atoms with Gasteiger partial charge in [0.25, 0.3) is 0 Å². The van der Waals surface area contributed by atoms with Gasteiger partial charge in [-0.3, -0.25) is 9.36 Å². The quantitative estimate of drug-likeness (QED) is 0.581. The molecule has 1 aromatic carbocycles. The van der Waals surface area contributed by atoms with E-state index in [1.54, 1.807) is 12.4 Å². The van der Waals surface area contributed by atoms with Crippen molar-refractivity contribution in [3.05, 3.63) is 64.1 Å². The van der Waals surface area contributed by atoms with E-state index in [4.69, 9.17) is 12.2 Å². The minimum absolute atomic E-state index is 0.552. The number of anilines is 1. The number of nitrogens with one attached hydrogen (secondary N) is 2. The number of halogens is 1. The maximum Gasteiger partial charge on any atom is 0.171 e.